The van der Waals surface area contributed by atoms with Crippen molar-refractivity contribution >= 4 is 17.2 Å². The third-order valence-electron chi connectivity index (χ3n) is 2.47. The van der Waals surface area contributed by atoms with Gasteiger partial charge in [0.2, 0.25) is 0 Å². The Kier molecular flexibility index (Phi) is 3.38. The van der Waals surface area contributed by atoms with Gasteiger partial charge in [-0.1, -0.05) is 18.2 Å². The van der Waals surface area contributed by atoms with Crippen molar-refractivity contribution in [2.75, 3.05) is 11.2 Å². The van der Waals surface area contributed by atoms with Gasteiger partial charge in [0.1, 0.15) is 11.5 Å². The molecule has 6 N–H and O–H groups in total. The maximum atomic E-state index is 5.88. The number of hydrazine groups is 1. The second kappa shape index (κ2) is 5.13. The summed E-state index contributed by atoms with van der Waals surface area (Å²) in [4.78, 5) is 4.12. The van der Waals surface area contributed by atoms with Crippen molar-refractivity contribution in [2.45, 2.75) is 0 Å². The largest absolute Gasteiger partial charge is 0.396 e. The van der Waals surface area contributed by atoms with E-state index in [-0.39, 0.29) is 0 Å². The monoisotopic (exact) mass is 244 g/mol. The number of anilines is 2. The topological polar surface area (TPSA) is 93.9 Å². The highest BCUT2D eigenvalue weighted by Crippen LogP contribution is 2.13. The molecule has 6 heteroatoms. The number of nitrogens with one attached hydrogen (secondary N) is 2. The minimum atomic E-state index is 0.469. The van der Waals surface area contributed by atoms with E-state index in [0.29, 0.717) is 17.2 Å². The Morgan fingerprint density at radius 3 is 2.67 bits per heavy atom. The molecule has 0 saturated heterocycles. The van der Waals surface area contributed by atoms with Crippen LogP contribution in [-0.4, -0.2) is 9.55 Å². The van der Waals surface area contributed by atoms with Gasteiger partial charge in [0.05, 0.1) is 17.7 Å². The fourth-order valence-corrected chi connectivity index (χ4v) is 1.45. The molecule has 0 aliphatic rings. The molecule has 0 saturated carbocycles. The molecule has 0 fully saturated rings. The third kappa shape index (κ3) is 2.54. The van der Waals surface area contributed by atoms with Crippen molar-refractivity contribution in [3.8, 4) is 0 Å². The maximum Gasteiger partial charge on any atom is 0.132 e. The van der Waals surface area contributed by atoms with Gasteiger partial charge < -0.3 is 26.9 Å². The molecule has 0 unspecified atom stereocenters. The lowest BCUT2D eigenvalue weighted by Crippen LogP contribution is -2.17. The Bertz CT molecular complexity index is 543. The van der Waals surface area contributed by atoms with Crippen molar-refractivity contribution < 1.29 is 0 Å². The average Bonchev–Trinajstić information content (AvgIpc) is 2.71. The molecule has 6 nitrogen and oxygen atoms in total. The molecular formula is C12H16N6. The van der Waals surface area contributed by atoms with Crippen molar-refractivity contribution in [2.24, 2.45) is 12.8 Å². The van der Waals surface area contributed by atoms with E-state index in [2.05, 4.69) is 15.8 Å². The first-order chi connectivity index (χ1) is 8.68. The number of nitrogens with zero attached hydrogens (tertiary/aromatic N) is 2. The molecular weight excluding hydrogens is 228 g/mol. The lowest BCUT2D eigenvalue weighted by molar-refractivity contribution is 0.925. The second-order valence-corrected chi connectivity index (χ2v) is 3.82. The van der Waals surface area contributed by atoms with Crippen LogP contribution in [0, 0.1) is 0 Å². The van der Waals surface area contributed by atoms with Gasteiger partial charge in [-0.2, -0.15) is 0 Å². The number of hydrogen-bond acceptors (Lipinski definition) is 5. The van der Waals surface area contributed by atoms with Crippen LogP contribution in [0.2, 0.25) is 0 Å². The number of aryl methyl sites for hydroxylation is 1. The molecule has 1 aromatic carbocycles. The summed E-state index contributed by atoms with van der Waals surface area (Å²) in [5.74, 6) is 0.533. The van der Waals surface area contributed by atoms with Gasteiger partial charge in [0.25, 0.3) is 0 Å². The average molecular weight is 244 g/mol. The predicted molar refractivity (Wildman–Crippen MR) is 73.0 cm³/mol. The van der Waals surface area contributed by atoms with Crippen LogP contribution in [0.3, 0.4) is 0 Å². The van der Waals surface area contributed by atoms with E-state index in [9.17, 15) is 0 Å². The van der Waals surface area contributed by atoms with Crippen LogP contribution >= 0.6 is 0 Å². The van der Waals surface area contributed by atoms with Crippen molar-refractivity contribution in [3.05, 3.63) is 48.6 Å². The molecule has 0 amide bonds. The van der Waals surface area contributed by atoms with E-state index in [1.807, 2.05) is 37.4 Å². The molecule has 0 atom stereocenters. The summed E-state index contributed by atoms with van der Waals surface area (Å²) in [5.41, 5.74) is 19.6. The second-order valence-electron chi connectivity index (χ2n) is 3.82. The van der Waals surface area contributed by atoms with Crippen molar-refractivity contribution in [1.29, 1.82) is 0 Å². The van der Waals surface area contributed by atoms with E-state index < -0.39 is 0 Å². The molecule has 2 rings (SSSR count). The summed E-state index contributed by atoms with van der Waals surface area (Å²) >= 11 is 0. The van der Waals surface area contributed by atoms with Crippen molar-refractivity contribution in [1.82, 2.24) is 15.0 Å². The Morgan fingerprint density at radius 1 is 1.33 bits per heavy atom. The molecule has 0 bridgehead atoms. The fourth-order valence-electron chi connectivity index (χ4n) is 1.45. The van der Waals surface area contributed by atoms with E-state index in [1.54, 1.807) is 17.1 Å². The minimum absolute atomic E-state index is 0.469. The van der Waals surface area contributed by atoms with Gasteiger partial charge in [0.15, 0.2) is 0 Å². The number of rotatable bonds is 4. The number of para-hydroxylation sites is 1. The zero-order valence-corrected chi connectivity index (χ0v) is 10.1. The quantitative estimate of drug-likeness (QED) is 0.599. The highest BCUT2D eigenvalue weighted by molar-refractivity contribution is 5.67. The van der Waals surface area contributed by atoms with Crippen LogP contribution in [-0.2, 0) is 7.05 Å². The smallest absolute Gasteiger partial charge is 0.132 e. The highest BCUT2D eigenvalue weighted by Gasteiger charge is 2.06. The van der Waals surface area contributed by atoms with Gasteiger partial charge in [-0.3, -0.25) is 0 Å². The number of imidazole rings is 1. The van der Waals surface area contributed by atoms with Gasteiger partial charge >= 0.3 is 0 Å². The maximum absolute atomic E-state index is 5.88. The number of benzene rings is 1. The van der Waals surface area contributed by atoms with Crippen LogP contribution in [0.5, 0.6) is 0 Å². The number of nitrogens with two attached hydrogens (primary N) is 2. The first-order valence-corrected chi connectivity index (χ1v) is 5.48. The Morgan fingerprint density at radius 2 is 2.06 bits per heavy atom. The first-order valence-electron chi connectivity index (χ1n) is 5.48. The number of aromatic nitrogens is 2. The molecule has 0 aliphatic heterocycles. The highest BCUT2D eigenvalue weighted by atomic mass is 15.3. The van der Waals surface area contributed by atoms with Gasteiger partial charge in [-0.25, -0.2) is 4.98 Å². The molecule has 1 heterocycles. The molecule has 94 valence electrons. The van der Waals surface area contributed by atoms with Crippen LogP contribution in [0.25, 0.3) is 5.70 Å². The molecule has 2 aromatic rings. The third-order valence-corrected chi connectivity index (χ3v) is 2.47. The summed E-state index contributed by atoms with van der Waals surface area (Å²) in [6, 6.07) is 9.70. The number of hydrogen-bond donors (Lipinski definition) is 4. The summed E-state index contributed by atoms with van der Waals surface area (Å²) in [5, 5.41) is 0. The summed E-state index contributed by atoms with van der Waals surface area (Å²) < 4.78 is 1.71. The molecule has 0 radical (unpaired) electrons. The van der Waals surface area contributed by atoms with Gasteiger partial charge in [-0.05, 0) is 12.1 Å². The zero-order valence-electron chi connectivity index (χ0n) is 10.1. The van der Waals surface area contributed by atoms with Gasteiger partial charge in [-0.15, -0.1) is 0 Å². The first kappa shape index (κ1) is 11.8. The molecule has 1 aromatic heterocycles. The normalized spacial score (nSPS) is 11.3. The van der Waals surface area contributed by atoms with E-state index in [1.165, 1.54) is 0 Å². The summed E-state index contributed by atoms with van der Waals surface area (Å²) in [7, 11) is 1.81. The van der Waals surface area contributed by atoms with Gasteiger partial charge in [0, 0.05) is 13.2 Å². The van der Waals surface area contributed by atoms with E-state index >= 15 is 0 Å². The lowest BCUT2D eigenvalue weighted by atomic mass is 10.3. The Balaban J connectivity index is 2.00. The van der Waals surface area contributed by atoms with Crippen LogP contribution < -0.4 is 22.3 Å². The summed E-state index contributed by atoms with van der Waals surface area (Å²) in [6.07, 6.45) is 3.24. The lowest BCUT2D eigenvalue weighted by Gasteiger charge is -2.06. The van der Waals surface area contributed by atoms with E-state index in [0.717, 1.165) is 5.69 Å². The van der Waals surface area contributed by atoms with Crippen LogP contribution in [0.4, 0.5) is 11.5 Å². The zero-order chi connectivity index (χ0) is 13.0. The number of nitrogen functional groups attached to an aromatic ring is 1. The van der Waals surface area contributed by atoms with Crippen LogP contribution in [0.15, 0.2) is 42.9 Å². The van der Waals surface area contributed by atoms with Crippen molar-refractivity contribution in [3.63, 3.8) is 0 Å². The SMILES string of the molecule is Cn1cnc(/C(N)=C/NNc2ccccc2)c1N. The van der Waals surface area contributed by atoms with Crippen LogP contribution in [0.1, 0.15) is 5.69 Å². The standard InChI is InChI=1S/C12H16N6/c1-18-8-15-11(12(18)14)10(13)7-16-17-9-5-3-2-4-6-9/h2-8,16-17H,13-14H2,1H3/b10-7-. The Hall–Kier alpha value is -2.63. The molecule has 18 heavy (non-hydrogen) atoms. The predicted octanol–water partition coefficient (Wildman–Crippen LogP) is 0.876. The minimum Gasteiger partial charge on any atom is -0.396 e. The van der Waals surface area contributed by atoms with E-state index in [4.69, 9.17) is 11.5 Å². The molecule has 0 spiro atoms. The fraction of sp³-hybridized carbons (Fsp3) is 0.0833. The summed E-state index contributed by atoms with van der Waals surface area (Å²) in [6.45, 7) is 0. The molecule has 0 aliphatic carbocycles. The Labute approximate surface area is 105 Å².